The normalized spacial score (nSPS) is 12.8. The molecule has 0 aliphatic rings. The fourth-order valence-electron chi connectivity index (χ4n) is 2.43. The number of amides is 1. The van der Waals surface area contributed by atoms with Crippen LogP contribution in [0.15, 0.2) is 28.8 Å². The highest BCUT2D eigenvalue weighted by Crippen LogP contribution is 2.29. The van der Waals surface area contributed by atoms with Gasteiger partial charge in [0.05, 0.1) is 6.04 Å². The Morgan fingerprint density at radius 3 is 2.56 bits per heavy atom. The first kappa shape index (κ1) is 19.1. The Balaban J connectivity index is 1.93. The zero-order valence-electron chi connectivity index (χ0n) is 15.0. The first-order chi connectivity index (χ1) is 11.7. The average molecular weight is 349 g/mol. The number of rotatable bonds is 7. The average Bonchev–Trinajstić information content (AvgIpc) is 2.91. The molecule has 7 heteroatoms. The summed E-state index contributed by atoms with van der Waals surface area (Å²) in [6.45, 7) is 7.93. The van der Waals surface area contributed by atoms with Crippen molar-refractivity contribution in [2.24, 2.45) is 5.41 Å². The molecule has 1 heterocycles. The summed E-state index contributed by atoms with van der Waals surface area (Å²) in [5, 5.41) is 6.60. The van der Waals surface area contributed by atoms with E-state index in [9.17, 15) is 9.18 Å². The number of carbonyl (C=O) groups excluding carboxylic acids is 1. The first-order valence-electron chi connectivity index (χ1n) is 8.15. The van der Waals surface area contributed by atoms with Crippen LogP contribution in [-0.2, 0) is 16.1 Å². The molecule has 1 N–H and O–H groups in total. The summed E-state index contributed by atoms with van der Waals surface area (Å²) in [4.78, 5) is 16.2. The lowest BCUT2D eigenvalue weighted by atomic mass is 9.85. The maximum atomic E-state index is 13.2. The number of aryl methyl sites for hydroxylation is 1. The molecule has 0 bridgehead atoms. The van der Waals surface area contributed by atoms with Crippen LogP contribution < -0.4 is 5.32 Å². The molecule has 25 heavy (non-hydrogen) atoms. The summed E-state index contributed by atoms with van der Waals surface area (Å²) in [6, 6.07) is 5.95. The van der Waals surface area contributed by atoms with Crippen LogP contribution in [0.2, 0.25) is 0 Å². The number of benzene rings is 1. The van der Waals surface area contributed by atoms with Crippen LogP contribution in [0.4, 0.5) is 4.39 Å². The molecule has 1 atom stereocenters. The van der Waals surface area contributed by atoms with Crippen LogP contribution in [0.5, 0.6) is 0 Å². The van der Waals surface area contributed by atoms with Crippen molar-refractivity contribution in [3.63, 3.8) is 0 Å². The van der Waals surface area contributed by atoms with E-state index in [4.69, 9.17) is 9.26 Å². The van der Waals surface area contributed by atoms with Gasteiger partial charge < -0.3 is 14.6 Å². The number of halogens is 1. The summed E-state index contributed by atoms with van der Waals surface area (Å²) >= 11 is 0. The van der Waals surface area contributed by atoms with E-state index >= 15 is 0 Å². The minimum absolute atomic E-state index is 0.00548. The molecule has 0 aliphatic carbocycles. The van der Waals surface area contributed by atoms with E-state index in [1.807, 2.05) is 0 Å². The Bertz CT molecular complexity index is 692. The maximum Gasteiger partial charge on any atom is 0.252 e. The van der Waals surface area contributed by atoms with E-state index in [0.29, 0.717) is 18.1 Å². The van der Waals surface area contributed by atoms with Crippen molar-refractivity contribution in [2.45, 2.75) is 46.8 Å². The minimum atomic E-state index is -0.303. The lowest BCUT2D eigenvalue weighted by Gasteiger charge is -2.27. The van der Waals surface area contributed by atoms with E-state index in [2.05, 4.69) is 36.2 Å². The van der Waals surface area contributed by atoms with Crippen molar-refractivity contribution in [1.29, 1.82) is 0 Å². The molecule has 2 aromatic rings. The number of nitrogens with zero attached hydrogens (tertiary/aromatic N) is 2. The molecule has 0 unspecified atom stereocenters. The van der Waals surface area contributed by atoms with Crippen LogP contribution >= 0.6 is 0 Å². The molecule has 0 spiro atoms. The lowest BCUT2D eigenvalue weighted by Crippen LogP contribution is -2.33. The summed E-state index contributed by atoms with van der Waals surface area (Å²) < 4.78 is 23.4. The van der Waals surface area contributed by atoms with E-state index < -0.39 is 0 Å². The standard InChI is InChI=1S/C18H24FN3O3/c1-12-20-17(25-22-12)11-24-10-16(23)21-15(9-18(2,3)4)13-5-7-14(19)8-6-13/h5-8,15H,9-11H2,1-4H3,(H,21,23)/t15-/m0/s1. The van der Waals surface area contributed by atoms with Gasteiger partial charge in [-0.05, 0) is 36.5 Å². The molecule has 6 nitrogen and oxygen atoms in total. The maximum absolute atomic E-state index is 13.2. The fourth-order valence-corrected chi connectivity index (χ4v) is 2.43. The van der Waals surface area contributed by atoms with Crippen molar-refractivity contribution in [1.82, 2.24) is 15.5 Å². The SMILES string of the molecule is Cc1noc(COCC(=O)N[C@@H](CC(C)(C)C)c2ccc(F)cc2)n1. The molecular formula is C18H24FN3O3. The molecule has 2 rings (SSSR count). The highest BCUT2D eigenvalue weighted by molar-refractivity contribution is 5.77. The van der Waals surface area contributed by atoms with Crippen molar-refractivity contribution in [3.05, 3.63) is 47.4 Å². The molecule has 1 aromatic carbocycles. The molecule has 0 fully saturated rings. The van der Waals surface area contributed by atoms with Crippen molar-refractivity contribution < 1.29 is 18.4 Å². The lowest BCUT2D eigenvalue weighted by molar-refractivity contribution is -0.127. The van der Waals surface area contributed by atoms with Crippen molar-refractivity contribution in [2.75, 3.05) is 6.61 Å². The number of carbonyl (C=O) groups is 1. The van der Waals surface area contributed by atoms with Gasteiger partial charge in [0.2, 0.25) is 5.91 Å². The highest BCUT2D eigenvalue weighted by Gasteiger charge is 2.22. The Hall–Kier alpha value is -2.28. The second-order valence-corrected chi connectivity index (χ2v) is 7.16. The van der Waals surface area contributed by atoms with E-state index in [1.165, 1.54) is 12.1 Å². The first-order valence-corrected chi connectivity index (χ1v) is 8.15. The highest BCUT2D eigenvalue weighted by atomic mass is 19.1. The topological polar surface area (TPSA) is 77.2 Å². The smallest absolute Gasteiger partial charge is 0.252 e. The zero-order chi connectivity index (χ0) is 18.4. The number of aromatic nitrogens is 2. The number of hydrogen-bond acceptors (Lipinski definition) is 5. The van der Waals surface area contributed by atoms with Crippen LogP contribution in [0.25, 0.3) is 0 Å². The fraction of sp³-hybridized carbons (Fsp3) is 0.500. The number of hydrogen-bond donors (Lipinski definition) is 1. The molecule has 1 aromatic heterocycles. The van der Waals surface area contributed by atoms with E-state index in [0.717, 1.165) is 5.56 Å². The van der Waals surface area contributed by atoms with Crippen LogP contribution in [0.1, 0.15) is 50.5 Å². The summed E-state index contributed by atoms with van der Waals surface area (Å²) in [5.41, 5.74) is 0.853. The van der Waals surface area contributed by atoms with Gasteiger partial charge >= 0.3 is 0 Å². The van der Waals surface area contributed by atoms with Gasteiger partial charge in [0.1, 0.15) is 19.0 Å². The van der Waals surface area contributed by atoms with Gasteiger partial charge in [0.15, 0.2) is 5.82 Å². The largest absolute Gasteiger partial charge is 0.362 e. The van der Waals surface area contributed by atoms with Crippen LogP contribution in [-0.4, -0.2) is 22.7 Å². The molecule has 0 saturated heterocycles. The Kier molecular flexibility index (Phi) is 6.25. The monoisotopic (exact) mass is 349 g/mol. The van der Waals surface area contributed by atoms with Gasteiger partial charge in [0, 0.05) is 0 Å². The Morgan fingerprint density at radius 1 is 1.32 bits per heavy atom. The predicted octanol–water partition coefficient (Wildman–Crippen LogP) is 3.33. The minimum Gasteiger partial charge on any atom is -0.362 e. The Morgan fingerprint density at radius 2 is 2.00 bits per heavy atom. The molecule has 136 valence electrons. The third-order valence-corrected chi connectivity index (χ3v) is 3.45. The van der Waals surface area contributed by atoms with E-state index in [1.54, 1.807) is 19.1 Å². The predicted molar refractivity (Wildman–Crippen MR) is 90.0 cm³/mol. The van der Waals surface area contributed by atoms with Crippen LogP contribution in [0.3, 0.4) is 0 Å². The molecule has 0 aliphatic heterocycles. The molecule has 0 radical (unpaired) electrons. The molecule has 0 saturated carbocycles. The quantitative estimate of drug-likeness (QED) is 0.830. The summed E-state index contributed by atoms with van der Waals surface area (Å²) in [6.07, 6.45) is 0.716. The van der Waals surface area contributed by atoms with Gasteiger partial charge in [-0.1, -0.05) is 38.1 Å². The van der Waals surface area contributed by atoms with Crippen molar-refractivity contribution >= 4 is 5.91 Å². The van der Waals surface area contributed by atoms with Crippen molar-refractivity contribution in [3.8, 4) is 0 Å². The van der Waals surface area contributed by atoms with Gasteiger partial charge in [-0.25, -0.2) is 4.39 Å². The molecule has 1 amide bonds. The number of nitrogens with one attached hydrogen (secondary N) is 1. The van der Waals surface area contributed by atoms with E-state index in [-0.39, 0.29) is 36.4 Å². The summed E-state index contributed by atoms with van der Waals surface area (Å²) in [5.74, 6) is 0.289. The Labute approximate surface area is 146 Å². The second kappa shape index (κ2) is 8.20. The van der Waals surface area contributed by atoms with Gasteiger partial charge in [-0.15, -0.1) is 0 Å². The number of ether oxygens (including phenoxy) is 1. The second-order valence-electron chi connectivity index (χ2n) is 7.16. The van der Waals surface area contributed by atoms with Crippen LogP contribution in [0, 0.1) is 18.2 Å². The third-order valence-electron chi connectivity index (χ3n) is 3.45. The zero-order valence-corrected chi connectivity index (χ0v) is 15.0. The van der Waals surface area contributed by atoms with Gasteiger partial charge in [0.25, 0.3) is 5.89 Å². The third kappa shape index (κ3) is 6.62. The van der Waals surface area contributed by atoms with Gasteiger partial charge in [-0.2, -0.15) is 4.98 Å². The van der Waals surface area contributed by atoms with Gasteiger partial charge in [-0.3, -0.25) is 4.79 Å². The molecular weight excluding hydrogens is 325 g/mol. The summed E-state index contributed by atoms with van der Waals surface area (Å²) in [7, 11) is 0.